The van der Waals surface area contributed by atoms with E-state index in [2.05, 4.69) is 10.6 Å². The summed E-state index contributed by atoms with van der Waals surface area (Å²) in [5, 5.41) is 6.38. The minimum absolute atomic E-state index is 0.0646. The fourth-order valence-corrected chi connectivity index (χ4v) is 2.33. The van der Waals surface area contributed by atoms with Crippen molar-refractivity contribution in [3.05, 3.63) is 30.0 Å². The molecule has 1 atom stereocenters. The first-order valence-electron chi connectivity index (χ1n) is 8.45. The molecule has 1 aromatic carbocycles. The van der Waals surface area contributed by atoms with E-state index in [1.54, 1.807) is 20.8 Å². The molecule has 0 fully saturated rings. The highest BCUT2D eigenvalue weighted by Crippen LogP contribution is 2.31. The molecule has 6 heteroatoms. The van der Waals surface area contributed by atoms with Gasteiger partial charge in [0.2, 0.25) is 11.8 Å². The van der Waals surface area contributed by atoms with E-state index < -0.39 is 5.41 Å². The van der Waals surface area contributed by atoms with E-state index in [0.29, 0.717) is 23.7 Å². The summed E-state index contributed by atoms with van der Waals surface area (Å²) in [5.74, 6) is 0.885. The molecular formula is C19H26N2O4. The van der Waals surface area contributed by atoms with Crippen molar-refractivity contribution in [2.45, 2.75) is 40.7 Å². The van der Waals surface area contributed by atoms with Gasteiger partial charge >= 0.3 is 0 Å². The number of para-hydroxylation sites is 1. The lowest BCUT2D eigenvalue weighted by Gasteiger charge is -2.18. The maximum atomic E-state index is 12.1. The molecule has 0 bridgehead atoms. The third-order valence-electron chi connectivity index (χ3n) is 3.72. The number of carbonyl (C=O) groups excluding carboxylic acids is 2. The molecule has 25 heavy (non-hydrogen) atoms. The van der Waals surface area contributed by atoms with Crippen molar-refractivity contribution in [3.8, 4) is 5.75 Å². The fourth-order valence-electron chi connectivity index (χ4n) is 2.33. The van der Waals surface area contributed by atoms with Crippen molar-refractivity contribution < 1.29 is 18.7 Å². The van der Waals surface area contributed by atoms with Crippen LogP contribution in [0.5, 0.6) is 5.75 Å². The Morgan fingerprint density at radius 3 is 2.64 bits per heavy atom. The molecule has 0 spiro atoms. The highest BCUT2D eigenvalue weighted by atomic mass is 16.5. The van der Waals surface area contributed by atoms with Gasteiger partial charge in [0, 0.05) is 10.8 Å². The lowest BCUT2D eigenvalue weighted by atomic mass is 9.96. The number of amides is 2. The number of rotatable bonds is 6. The Balaban J connectivity index is 2.02. The van der Waals surface area contributed by atoms with Crippen LogP contribution in [0.4, 0.5) is 0 Å². The van der Waals surface area contributed by atoms with Crippen molar-refractivity contribution in [2.75, 3.05) is 13.2 Å². The first-order chi connectivity index (χ1) is 11.7. The van der Waals surface area contributed by atoms with Gasteiger partial charge in [-0.15, -0.1) is 0 Å². The molecule has 1 unspecified atom stereocenters. The van der Waals surface area contributed by atoms with Gasteiger partial charge in [-0.3, -0.25) is 9.59 Å². The summed E-state index contributed by atoms with van der Waals surface area (Å²) < 4.78 is 11.4. The van der Waals surface area contributed by atoms with Gasteiger partial charge < -0.3 is 19.8 Å². The molecule has 1 aromatic heterocycles. The summed E-state index contributed by atoms with van der Waals surface area (Å²) in [6.07, 6.45) is 0. The molecule has 0 aliphatic rings. The molecule has 136 valence electrons. The van der Waals surface area contributed by atoms with Crippen LogP contribution in [0.25, 0.3) is 11.0 Å². The van der Waals surface area contributed by atoms with Gasteiger partial charge in [-0.1, -0.05) is 32.9 Å². The van der Waals surface area contributed by atoms with E-state index >= 15 is 0 Å². The number of fused-ring (bicyclic) bond motifs is 1. The number of carbonyl (C=O) groups is 2. The molecule has 2 amide bonds. The van der Waals surface area contributed by atoms with E-state index in [-0.39, 0.29) is 24.4 Å². The molecular weight excluding hydrogens is 320 g/mol. The van der Waals surface area contributed by atoms with E-state index in [1.807, 2.05) is 38.1 Å². The van der Waals surface area contributed by atoms with Crippen LogP contribution in [-0.4, -0.2) is 25.0 Å². The van der Waals surface area contributed by atoms with Gasteiger partial charge in [0.05, 0.1) is 19.2 Å². The van der Waals surface area contributed by atoms with Gasteiger partial charge in [0.25, 0.3) is 0 Å². The van der Waals surface area contributed by atoms with Crippen LogP contribution in [-0.2, 0) is 9.59 Å². The summed E-state index contributed by atoms with van der Waals surface area (Å²) in [6.45, 7) is 9.63. The van der Waals surface area contributed by atoms with Gasteiger partial charge in [-0.05, 0) is 26.0 Å². The Hall–Kier alpha value is -2.50. The van der Waals surface area contributed by atoms with Gasteiger partial charge in [-0.2, -0.15) is 0 Å². The van der Waals surface area contributed by atoms with Crippen LogP contribution in [0.2, 0.25) is 0 Å². The van der Waals surface area contributed by atoms with E-state index in [4.69, 9.17) is 9.15 Å². The largest absolute Gasteiger partial charge is 0.490 e. The Morgan fingerprint density at radius 1 is 1.28 bits per heavy atom. The molecule has 2 N–H and O–H groups in total. The van der Waals surface area contributed by atoms with Crippen molar-refractivity contribution in [1.82, 2.24) is 10.6 Å². The summed E-state index contributed by atoms with van der Waals surface area (Å²) in [6, 6.07) is 7.25. The summed E-state index contributed by atoms with van der Waals surface area (Å²) in [7, 11) is 0. The van der Waals surface area contributed by atoms with Crippen molar-refractivity contribution in [2.24, 2.45) is 5.41 Å². The van der Waals surface area contributed by atoms with Crippen LogP contribution >= 0.6 is 0 Å². The zero-order valence-electron chi connectivity index (χ0n) is 15.4. The monoisotopic (exact) mass is 346 g/mol. The topological polar surface area (TPSA) is 80.6 Å². The average Bonchev–Trinajstić information content (AvgIpc) is 2.97. The summed E-state index contributed by atoms with van der Waals surface area (Å²) in [4.78, 5) is 23.9. The van der Waals surface area contributed by atoms with Gasteiger partial charge in [-0.25, -0.2) is 0 Å². The standard InChI is InChI=1S/C19H26N2O4/c1-6-24-14-9-7-8-13-10-15(25-17(13)14)12(2)21-16(22)11-20-18(23)19(3,4)5/h7-10,12H,6,11H2,1-5H3,(H,20,23)(H,21,22). The minimum atomic E-state index is -0.527. The zero-order chi connectivity index (χ0) is 18.6. The smallest absolute Gasteiger partial charge is 0.239 e. The summed E-state index contributed by atoms with van der Waals surface area (Å²) >= 11 is 0. The third-order valence-corrected chi connectivity index (χ3v) is 3.72. The van der Waals surface area contributed by atoms with E-state index in [9.17, 15) is 9.59 Å². The fraction of sp³-hybridized carbons (Fsp3) is 0.474. The highest BCUT2D eigenvalue weighted by Gasteiger charge is 2.22. The Bertz CT molecular complexity index is 758. The van der Waals surface area contributed by atoms with Gasteiger partial charge in [0.1, 0.15) is 5.76 Å². The quantitative estimate of drug-likeness (QED) is 0.842. The third kappa shape index (κ3) is 4.75. The molecule has 0 saturated heterocycles. The normalized spacial score (nSPS) is 12.7. The number of ether oxygens (including phenoxy) is 1. The second-order valence-electron chi connectivity index (χ2n) is 6.98. The van der Waals surface area contributed by atoms with Crippen LogP contribution in [0.15, 0.2) is 28.7 Å². The molecule has 0 radical (unpaired) electrons. The Kier molecular flexibility index (Phi) is 5.72. The predicted molar refractivity (Wildman–Crippen MR) is 96.4 cm³/mol. The van der Waals surface area contributed by atoms with Gasteiger partial charge in [0.15, 0.2) is 11.3 Å². The van der Waals surface area contributed by atoms with Crippen LogP contribution < -0.4 is 15.4 Å². The second kappa shape index (κ2) is 7.59. The lowest BCUT2D eigenvalue weighted by molar-refractivity contribution is -0.131. The first kappa shape index (κ1) is 18.8. The molecule has 0 saturated carbocycles. The van der Waals surface area contributed by atoms with Crippen LogP contribution in [0.3, 0.4) is 0 Å². The van der Waals surface area contributed by atoms with Crippen molar-refractivity contribution in [3.63, 3.8) is 0 Å². The van der Waals surface area contributed by atoms with Crippen LogP contribution in [0.1, 0.15) is 46.4 Å². The van der Waals surface area contributed by atoms with Crippen LogP contribution in [0, 0.1) is 5.41 Å². The SMILES string of the molecule is CCOc1cccc2cc(C(C)NC(=O)CNC(=O)C(C)(C)C)oc12. The molecule has 1 heterocycles. The second-order valence-corrected chi connectivity index (χ2v) is 6.98. The first-order valence-corrected chi connectivity index (χ1v) is 8.45. The minimum Gasteiger partial charge on any atom is -0.490 e. The molecule has 2 rings (SSSR count). The molecule has 0 aliphatic carbocycles. The molecule has 2 aromatic rings. The number of hydrogen-bond donors (Lipinski definition) is 2. The highest BCUT2D eigenvalue weighted by molar-refractivity contribution is 5.87. The van der Waals surface area contributed by atoms with E-state index in [1.165, 1.54) is 0 Å². The number of benzene rings is 1. The zero-order valence-corrected chi connectivity index (χ0v) is 15.4. The number of furan rings is 1. The van der Waals surface area contributed by atoms with Crippen molar-refractivity contribution >= 4 is 22.8 Å². The van der Waals surface area contributed by atoms with E-state index in [0.717, 1.165) is 5.39 Å². The van der Waals surface area contributed by atoms with Crippen molar-refractivity contribution in [1.29, 1.82) is 0 Å². The predicted octanol–water partition coefficient (Wildman–Crippen LogP) is 3.17. The Morgan fingerprint density at radius 2 is 2.00 bits per heavy atom. The average molecular weight is 346 g/mol. The molecule has 0 aliphatic heterocycles. The lowest BCUT2D eigenvalue weighted by Crippen LogP contribution is -2.42. The number of nitrogens with one attached hydrogen (secondary N) is 2. The number of hydrogen-bond acceptors (Lipinski definition) is 4. The Labute approximate surface area is 147 Å². The maximum Gasteiger partial charge on any atom is 0.239 e. The maximum absolute atomic E-state index is 12.1. The molecule has 6 nitrogen and oxygen atoms in total. The summed E-state index contributed by atoms with van der Waals surface area (Å²) in [5.41, 5.74) is 0.141.